The summed E-state index contributed by atoms with van der Waals surface area (Å²) in [6.07, 6.45) is 6.53. The van der Waals surface area contributed by atoms with Crippen molar-refractivity contribution in [2.45, 2.75) is 31.8 Å². The van der Waals surface area contributed by atoms with Crippen molar-refractivity contribution >= 4 is 15.9 Å². The van der Waals surface area contributed by atoms with Crippen LogP contribution in [0.15, 0.2) is 12.4 Å². The minimum atomic E-state index is -3.20. The minimum absolute atomic E-state index is 0.0519. The smallest absolute Gasteiger partial charge is 0.251 e. The summed E-state index contributed by atoms with van der Waals surface area (Å²) in [5.74, 6) is 0.0878. The van der Waals surface area contributed by atoms with Crippen molar-refractivity contribution in [2.75, 3.05) is 32.4 Å². The zero-order chi connectivity index (χ0) is 19.4. The highest BCUT2D eigenvalue weighted by Crippen LogP contribution is 2.24. The predicted octanol–water partition coefficient (Wildman–Crippen LogP) is 0.390. The van der Waals surface area contributed by atoms with Crippen molar-refractivity contribution in [2.24, 2.45) is 5.92 Å². The molecule has 0 aromatic carbocycles. The van der Waals surface area contributed by atoms with Crippen LogP contribution in [-0.4, -0.2) is 72.0 Å². The molecule has 2 aliphatic rings. The number of rotatable bonds is 4. The number of carbonyl (C=O) groups is 1. The van der Waals surface area contributed by atoms with Crippen LogP contribution in [0, 0.1) is 17.2 Å². The Morgan fingerprint density at radius 1 is 1.22 bits per heavy atom. The predicted molar refractivity (Wildman–Crippen MR) is 96.1 cm³/mol. The van der Waals surface area contributed by atoms with Crippen LogP contribution in [0.25, 0.3) is 0 Å². The Balaban J connectivity index is 1.58. The second-order valence-corrected chi connectivity index (χ2v) is 8.91. The van der Waals surface area contributed by atoms with Gasteiger partial charge in [0, 0.05) is 37.9 Å². The highest BCUT2D eigenvalue weighted by Gasteiger charge is 2.34. The molecule has 3 heterocycles. The van der Waals surface area contributed by atoms with Crippen LogP contribution in [0.1, 0.15) is 31.4 Å². The van der Waals surface area contributed by atoms with E-state index in [9.17, 15) is 13.2 Å². The topological polar surface area (TPSA) is 116 Å². The summed E-state index contributed by atoms with van der Waals surface area (Å²) in [6.45, 7) is 1.87. The molecule has 2 aliphatic heterocycles. The molecule has 27 heavy (non-hydrogen) atoms. The van der Waals surface area contributed by atoms with Gasteiger partial charge in [-0.3, -0.25) is 4.79 Å². The molecule has 0 radical (unpaired) electrons. The zero-order valence-corrected chi connectivity index (χ0v) is 16.1. The molecule has 2 fully saturated rings. The molecule has 146 valence electrons. The van der Waals surface area contributed by atoms with Crippen LogP contribution >= 0.6 is 0 Å². The van der Waals surface area contributed by atoms with E-state index >= 15 is 0 Å². The van der Waals surface area contributed by atoms with Crippen LogP contribution in [-0.2, 0) is 14.8 Å². The second-order valence-electron chi connectivity index (χ2n) is 6.92. The molecule has 0 bridgehead atoms. The summed E-state index contributed by atoms with van der Waals surface area (Å²) < 4.78 is 30.5. The molecule has 9 nitrogen and oxygen atoms in total. The number of nitrogens with zero attached hydrogens (tertiary/aromatic N) is 5. The highest BCUT2D eigenvalue weighted by atomic mass is 32.2. The van der Waals surface area contributed by atoms with E-state index < -0.39 is 10.0 Å². The number of carbonyl (C=O) groups excluding carboxylic acids is 1. The van der Waals surface area contributed by atoms with Crippen LogP contribution in [0.2, 0.25) is 0 Å². The van der Waals surface area contributed by atoms with E-state index in [2.05, 4.69) is 9.97 Å². The fourth-order valence-corrected chi connectivity index (χ4v) is 4.45. The number of aromatic nitrogens is 2. The van der Waals surface area contributed by atoms with Crippen molar-refractivity contribution in [3.05, 3.63) is 18.1 Å². The lowest BCUT2D eigenvalue weighted by Crippen LogP contribution is -2.49. The maximum Gasteiger partial charge on any atom is 0.251 e. The van der Waals surface area contributed by atoms with E-state index in [1.165, 1.54) is 23.0 Å². The number of ether oxygens (including phenoxy) is 1. The number of hydrogen-bond donors (Lipinski definition) is 0. The lowest BCUT2D eigenvalue weighted by Gasteiger charge is -2.37. The number of hydrogen-bond acceptors (Lipinski definition) is 7. The van der Waals surface area contributed by atoms with E-state index in [1.807, 2.05) is 6.07 Å². The van der Waals surface area contributed by atoms with Gasteiger partial charge in [0.15, 0.2) is 0 Å². The van der Waals surface area contributed by atoms with Gasteiger partial charge in [-0.1, -0.05) is 0 Å². The molecule has 1 amide bonds. The Morgan fingerprint density at radius 3 is 2.59 bits per heavy atom. The number of piperidine rings is 2. The molecule has 0 N–H and O–H groups in total. The van der Waals surface area contributed by atoms with Crippen molar-refractivity contribution in [1.82, 2.24) is 19.2 Å². The number of amides is 1. The van der Waals surface area contributed by atoms with Crippen LogP contribution in [0.5, 0.6) is 5.88 Å². The minimum Gasteiger partial charge on any atom is -0.470 e. The van der Waals surface area contributed by atoms with Crippen LogP contribution < -0.4 is 4.74 Å². The van der Waals surface area contributed by atoms with E-state index in [0.717, 1.165) is 12.8 Å². The first kappa shape index (κ1) is 19.5. The molecular weight excluding hydrogens is 370 g/mol. The monoisotopic (exact) mass is 393 g/mol. The fourth-order valence-electron chi connectivity index (χ4n) is 3.57. The van der Waals surface area contributed by atoms with Gasteiger partial charge in [0.1, 0.15) is 12.2 Å². The average molecular weight is 393 g/mol. The fraction of sp³-hybridized carbons (Fsp3) is 0.647. The Bertz CT molecular complexity index is 830. The van der Waals surface area contributed by atoms with Gasteiger partial charge in [-0.05, 0) is 25.7 Å². The first-order valence-corrected chi connectivity index (χ1v) is 10.8. The van der Waals surface area contributed by atoms with E-state index in [1.54, 1.807) is 4.90 Å². The molecule has 0 aliphatic carbocycles. The average Bonchev–Trinajstić information content (AvgIpc) is 2.67. The SMILES string of the molecule is CS(=O)(=O)N1CCC(C(=O)N2CCC[C@H](Oc3nccnc3C#N)C2)CC1. The number of sulfonamides is 1. The molecule has 10 heteroatoms. The molecule has 1 atom stereocenters. The van der Waals surface area contributed by atoms with Gasteiger partial charge in [0.05, 0.1) is 12.8 Å². The van der Waals surface area contributed by atoms with Gasteiger partial charge in [-0.25, -0.2) is 22.7 Å². The highest BCUT2D eigenvalue weighted by molar-refractivity contribution is 7.88. The summed E-state index contributed by atoms with van der Waals surface area (Å²) in [4.78, 5) is 22.6. The van der Waals surface area contributed by atoms with E-state index in [-0.39, 0.29) is 29.5 Å². The third-order valence-electron chi connectivity index (χ3n) is 5.01. The standard InChI is InChI=1S/C17H23N5O4S/c1-27(24,25)22-9-4-13(5-10-22)17(23)21-8-2-3-14(12-21)26-16-15(11-18)19-6-7-20-16/h6-7,13-14H,2-5,8-10,12H2,1H3/t14-/m0/s1. The quantitative estimate of drug-likeness (QED) is 0.726. The van der Waals surface area contributed by atoms with Gasteiger partial charge in [-0.15, -0.1) is 0 Å². The Kier molecular flexibility index (Phi) is 5.92. The summed E-state index contributed by atoms with van der Waals surface area (Å²) in [5.41, 5.74) is 0.133. The third-order valence-corrected chi connectivity index (χ3v) is 6.31. The lowest BCUT2D eigenvalue weighted by molar-refractivity contribution is -0.139. The first-order chi connectivity index (χ1) is 12.9. The van der Waals surface area contributed by atoms with E-state index in [4.69, 9.17) is 10.00 Å². The van der Waals surface area contributed by atoms with Crippen molar-refractivity contribution < 1.29 is 17.9 Å². The van der Waals surface area contributed by atoms with Gasteiger partial charge in [-0.2, -0.15) is 5.26 Å². The summed E-state index contributed by atoms with van der Waals surface area (Å²) in [5, 5.41) is 9.09. The Morgan fingerprint density at radius 2 is 1.93 bits per heavy atom. The Hall–Kier alpha value is -2.25. The molecule has 1 aromatic heterocycles. The second kappa shape index (κ2) is 8.19. The van der Waals surface area contributed by atoms with Crippen molar-refractivity contribution in [1.29, 1.82) is 5.26 Å². The van der Waals surface area contributed by atoms with Gasteiger partial charge < -0.3 is 9.64 Å². The Labute approximate surface area is 159 Å². The van der Waals surface area contributed by atoms with E-state index in [0.29, 0.717) is 39.0 Å². The summed E-state index contributed by atoms with van der Waals surface area (Å²) in [6, 6.07) is 1.95. The van der Waals surface area contributed by atoms with Crippen LogP contribution in [0.3, 0.4) is 0 Å². The molecular formula is C17H23N5O4S. The lowest BCUT2D eigenvalue weighted by atomic mass is 9.95. The third kappa shape index (κ3) is 4.73. The van der Waals surface area contributed by atoms with Crippen LogP contribution in [0.4, 0.5) is 0 Å². The largest absolute Gasteiger partial charge is 0.470 e. The van der Waals surface area contributed by atoms with Gasteiger partial charge >= 0.3 is 0 Å². The molecule has 0 saturated carbocycles. The maximum absolute atomic E-state index is 12.9. The normalized spacial score (nSPS) is 22.2. The molecule has 1 aromatic rings. The zero-order valence-electron chi connectivity index (χ0n) is 15.2. The van der Waals surface area contributed by atoms with Crippen molar-refractivity contribution in [3.63, 3.8) is 0 Å². The molecule has 2 saturated heterocycles. The molecule has 3 rings (SSSR count). The molecule has 0 unspecified atom stereocenters. The summed E-state index contributed by atoms with van der Waals surface area (Å²) >= 11 is 0. The van der Waals surface area contributed by atoms with Gasteiger partial charge in [0.2, 0.25) is 21.6 Å². The number of nitriles is 1. The van der Waals surface area contributed by atoms with Gasteiger partial charge in [0.25, 0.3) is 5.88 Å². The maximum atomic E-state index is 12.9. The number of likely N-dealkylation sites (tertiary alicyclic amines) is 1. The molecule has 0 spiro atoms. The first-order valence-electron chi connectivity index (χ1n) is 9.00. The summed E-state index contributed by atoms with van der Waals surface area (Å²) in [7, 11) is -3.20. The van der Waals surface area contributed by atoms with Crippen molar-refractivity contribution in [3.8, 4) is 11.9 Å².